The summed E-state index contributed by atoms with van der Waals surface area (Å²) in [5.41, 5.74) is 0. The molecule has 1 amide bonds. The van der Waals surface area contributed by atoms with Crippen LogP contribution in [0.4, 0.5) is 0 Å². The van der Waals surface area contributed by atoms with Gasteiger partial charge >= 0.3 is 0 Å². The summed E-state index contributed by atoms with van der Waals surface area (Å²) in [5, 5.41) is 2.84. The summed E-state index contributed by atoms with van der Waals surface area (Å²) in [7, 11) is -2.90. The second-order valence-electron chi connectivity index (χ2n) is 5.15. The molecule has 0 unspecified atom stereocenters. The molecular formula is C11H21N2O3S+. The van der Waals surface area contributed by atoms with E-state index in [2.05, 4.69) is 5.32 Å². The third kappa shape index (κ3) is 3.96. The maximum Gasteiger partial charge on any atom is 0.275 e. The van der Waals surface area contributed by atoms with Gasteiger partial charge < -0.3 is 10.2 Å². The fraction of sp³-hybridized carbons (Fsp3) is 0.909. The number of hydrogen-bond acceptors (Lipinski definition) is 3. The van der Waals surface area contributed by atoms with Gasteiger partial charge in [-0.2, -0.15) is 0 Å². The summed E-state index contributed by atoms with van der Waals surface area (Å²) < 4.78 is 22.5. The lowest BCUT2D eigenvalue weighted by atomic mass is 10.1. The number of hydrogen-bond donors (Lipinski definition) is 2. The summed E-state index contributed by atoms with van der Waals surface area (Å²) in [6.45, 7) is 2.63. The Kier molecular flexibility index (Phi) is 4.04. The molecule has 0 spiro atoms. The Morgan fingerprint density at radius 2 is 1.94 bits per heavy atom. The van der Waals surface area contributed by atoms with E-state index in [0.29, 0.717) is 13.0 Å². The molecule has 1 atom stereocenters. The first-order valence-corrected chi connectivity index (χ1v) is 8.21. The van der Waals surface area contributed by atoms with E-state index in [0.717, 1.165) is 13.1 Å². The van der Waals surface area contributed by atoms with Crippen LogP contribution in [0.15, 0.2) is 0 Å². The smallest absolute Gasteiger partial charge is 0.275 e. The number of quaternary nitrogens is 1. The molecule has 0 aromatic carbocycles. The summed E-state index contributed by atoms with van der Waals surface area (Å²) in [4.78, 5) is 13.1. The highest BCUT2D eigenvalue weighted by atomic mass is 32.2. The summed E-state index contributed by atoms with van der Waals surface area (Å²) in [5.74, 6) is 0.340. The van der Waals surface area contributed by atoms with Crippen LogP contribution in [0.25, 0.3) is 0 Å². The first-order valence-electron chi connectivity index (χ1n) is 6.38. The van der Waals surface area contributed by atoms with Gasteiger partial charge in [-0.25, -0.2) is 8.42 Å². The van der Waals surface area contributed by atoms with Gasteiger partial charge in [-0.3, -0.25) is 4.79 Å². The number of piperidine rings is 1. The largest absolute Gasteiger partial charge is 0.347 e. The molecule has 0 bridgehead atoms. The van der Waals surface area contributed by atoms with Gasteiger partial charge in [0.25, 0.3) is 5.91 Å². The summed E-state index contributed by atoms with van der Waals surface area (Å²) in [6, 6.07) is -0.156. The third-order valence-corrected chi connectivity index (χ3v) is 5.34. The lowest BCUT2D eigenvalue weighted by molar-refractivity contribution is -0.896. The molecule has 5 nitrogen and oxygen atoms in total. The standard InChI is InChI=1S/C11H20N2O3S/c14-11(8-13-5-2-1-3-6-13)12-10-4-7-17(15,16)9-10/h10H,1-9H2,(H,12,14)/p+1/t10-/m0/s1. The second-order valence-corrected chi connectivity index (χ2v) is 7.38. The Morgan fingerprint density at radius 1 is 1.24 bits per heavy atom. The predicted octanol–water partition coefficient (Wildman–Crippen LogP) is -1.64. The van der Waals surface area contributed by atoms with Crippen LogP contribution < -0.4 is 10.2 Å². The number of carbonyl (C=O) groups is 1. The minimum absolute atomic E-state index is 0.00370. The molecule has 0 aliphatic carbocycles. The van der Waals surface area contributed by atoms with E-state index in [4.69, 9.17) is 0 Å². The first-order chi connectivity index (χ1) is 8.05. The van der Waals surface area contributed by atoms with Crippen LogP contribution in [-0.4, -0.2) is 51.5 Å². The SMILES string of the molecule is O=C(C[NH+]1CCCCC1)N[C@H]1CCS(=O)(=O)C1. The summed E-state index contributed by atoms with van der Waals surface area (Å²) >= 11 is 0. The normalized spacial score (nSPS) is 29.1. The van der Waals surface area contributed by atoms with E-state index in [1.807, 2.05) is 0 Å². The Balaban J connectivity index is 1.74. The number of nitrogens with one attached hydrogen (secondary N) is 2. The maximum atomic E-state index is 11.8. The van der Waals surface area contributed by atoms with Crippen molar-refractivity contribution in [2.24, 2.45) is 0 Å². The van der Waals surface area contributed by atoms with E-state index < -0.39 is 9.84 Å². The highest BCUT2D eigenvalue weighted by molar-refractivity contribution is 7.91. The van der Waals surface area contributed by atoms with Gasteiger partial charge in [-0.1, -0.05) is 0 Å². The lowest BCUT2D eigenvalue weighted by Gasteiger charge is -2.23. The van der Waals surface area contributed by atoms with Gasteiger partial charge in [0.05, 0.1) is 24.6 Å². The summed E-state index contributed by atoms with van der Waals surface area (Å²) in [6.07, 6.45) is 4.23. The minimum Gasteiger partial charge on any atom is -0.347 e. The number of carbonyl (C=O) groups excluding carboxylic acids is 1. The first kappa shape index (κ1) is 12.8. The second kappa shape index (κ2) is 5.35. The van der Waals surface area contributed by atoms with Crippen LogP contribution in [0, 0.1) is 0 Å². The van der Waals surface area contributed by atoms with Crippen LogP contribution >= 0.6 is 0 Å². The van der Waals surface area contributed by atoms with E-state index in [1.54, 1.807) is 0 Å². The van der Waals surface area contributed by atoms with E-state index in [1.165, 1.54) is 24.2 Å². The van der Waals surface area contributed by atoms with Crippen LogP contribution in [0.5, 0.6) is 0 Å². The predicted molar refractivity (Wildman–Crippen MR) is 64.6 cm³/mol. The van der Waals surface area contributed by atoms with Gasteiger partial charge in [0.2, 0.25) is 0 Å². The molecule has 2 N–H and O–H groups in total. The molecule has 2 fully saturated rings. The fourth-order valence-corrected chi connectivity index (χ4v) is 4.32. The maximum absolute atomic E-state index is 11.8. The van der Waals surface area contributed by atoms with E-state index in [-0.39, 0.29) is 23.5 Å². The van der Waals surface area contributed by atoms with E-state index >= 15 is 0 Å². The molecule has 2 rings (SSSR count). The zero-order valence-electron chi connectivity index (χ0n) is 10.1. The zero-order valence-corrected chi connectivity index (χ0v) is 10.9. The highest BCUT2D eigenvalue weighted by Crippen LogP contribution is 2.10. The van der Waals surface area contributed by atoms with Crippen molar-refractivity contribution in [3.63, 3.8) is 0 Å². The van der Waals surface area contributed by atoms with Gasteiger partial charge in [-0.05, 0) is 25.7 Å². The molecule has 0 aromatic heterocycles. The van der Waals surface area contributed by atoms with Crippen LogP contribution in [0.3, 0.4) is 0 Å². The molecule has 2 aliphatic heterocycles. The molecule has 2 aliphatic rings. The highest BCUT2D eigenvalue weighted by Gasteiger charge is 2.29. The fourth-order valence-electron chi connectivity index (χ4n) is 2.64. The number of rotatable bonds is 3. The average Bonchev–Trinajstić information content (AvgIpc) is 2.59. The minimum atomic E-state index is -2.90. The number of likely N-dealkylation sites (tertiary alicyclic amines) is 1. The monoisotopic (exact) mass is 261 g/mol. The lowest BCUT2D eigenvalue weighted by Crippen LogP contribution is -3.14. The van der Waals surface area contributed by atoms with Crippen LogP contribution in [0.2, 0.25) is 0 Å². The molecular weight excluding hydrogens is 240 g/mol. The van der Waals surface area contributed by atoms with Gasteiger partial charge in [0, 0.05) is 6.04 Å². The molecule has 0 aromatic rings. The third-order valence-electron chi connectivity index (χ3n) is 3.57. The molecule has 6 heteroatoms. The topological polar surface area (TPSA) is 67.7 Å². The van der Waals surface area contributed by atoms with Gasteiger partial charge in [-0.15, -0.1) is 0 Å². The van der Waals surface area contributed by atoms with Crippen LogP contribution in [-0.2, 0) is 14.6 Å². The van der Waals surface area contributed by atoms with Crippen molar-refractivity contribution in [1.82, 2.24) is 5.32 Å². The van der Waals surface area contributed by atoms with E-state index in [9.17, 15) is 13.2 Å². The zero-order chi connectivity index (χ0) is 12.3. The van der Waals surface area contributed by atoms with Crippen molar-refractivity contribution in [2.45, 2.75) is 31.7 Å². The molecule has 2 heterocycles. The van der Waals surface area contributed by atoms with Crippen LogP contribution in [0.1, 0.15) is 25.7 Å². The Labute approximate surface area is 102 Å². The number of sulfone groups is 1. The van der Waals surface area contributed by atoms with Crippen molar-refractivity contribution >= 4 is 15.7 Å². The van der Waals surface area contributed by atoms with Crippen molar-refractivity contribution in [1.29, 1.82) is 0 Å². The van der Waals surface area contributed by atoms with Crippen molar-refractivity contribution in [3.05, 3.63) is 0 Å². The van der Waals surface area contributed by atoms with Crippen molar-refractivity contribution in [2.75, 3.05) is 31.1 Å². The Bertz CT molecular complexity index is 374. The Hall–Kier alpha value is -0.620. The molecule has 98 valence electrons. The van der Waals surface area contributed by atoms with Crippen molar-refractivity contribution < 1.29 is 18.1 Å². The number of amides is 1. The molecule has 17 heavy (non-hydrogen) atoms. The van der Waals surface area contributed by atoms with Gasteiger partial charge in [0.15, 0.2) is 16.4 Å². The average molecular weight is 261 g/mol. The molecule has 0 radical (unpaired) electrons. The quantitative estimate of drug-likeness (QED) is 0.640. The van der Waals surface area contributed by atoms with Crippen molar-refractivity contribution in [3.8, 4) is 0 Å². The molecule has 2 saturated heterocycles. The molecule has 0 saturated carbocycles. The van der Waals surface area contributed by atoms with Gasteiger partial charge in [0.1, 0.15) is 0 Å². The Morgan fingerprint density at radius 3 is 2.53 bits per heavy atom.